The number of nitrogens with zero attached hydrogens (tertiary/aromatic N) is 1. The summed E-state index contributed by atoms with van der Waals surface area (Å²) >= 11 is 0. The van der Waals surface area contributed by atoms with Gasteiger partial charge in [0.15, 0.2) is 0 Å². The van der Waals surface area contributed by atoms with Crippen LogP contribution in [-0.2, 0) is 4.79 Å². The van der Waals surface area contributed by atoms with Gasteiger partial charge in [0.2, 0.25) is 5.91 Å². The zero-order chi connectivity index (χ0) is 15.2. The van der Waals surface area contributed by atoms with Gasteiger partial charge in [-0.25, -0.2) is 4.39 Å². The number of halogens is 1. The van der Waals surface area contributed by atoms with Gasteiger partial charge in [0.25, 0.3) is 0 Å². The predicted molar refractivity (Wildman–Crippen MR) is 81.0 cm³/mol. The summed E-state index contributed by atoms with van der Waals surface area (Å²) in [5.41, 5.74) is 0.879. The Morgan fingerprint density at radius 3 is 2.76 bits per heavy atom. The van der Waals surface area contributed by atoms with Gasteiger partial charge in [-0.3, -0.25) is 4.79 Å². The Morgan fingerprint density at radius 1 is 1.38 bits per heavy atom. The largest absolute Gasteiger partial charge is 0.396 e. The summed E-state index contributed by atoms with van der Waals surface area (Å²) in [5, 5.41) is 9.24. The average molecular weight is 291 g/mol. The van der Waals surface area contributed by atoms with Crippen molar-refractivity contribution in [3.8, 4) is 0 Å². The van der Waals surface area contributed by atoms with E-state index >= 15 is 0 Å². The summed E-state index contributed by atoms with van der Waals surface area (Å²) in [5.74, 6) is 0.0191. The number of carbonyl (C=O) groups excluding carboxylic acids is 1. The second-order valence-corrected chi connectivity index (χ2v) is 5.68. The molecule has 1 heterocycles. The summed E-state index contributed by atoms with van der Waals surface area (Å²) in [4.78, 5) is 14.1. The highest BCUT2D eigenvalue weighted by Gasteiger charge is 2.27. The Morgan fingerprint density at radius 2 is 2.10 bits per heavy atom. The third kappa shape index (κ3) is 4.39. The van der Waals surface area contributed by atoms with Gasteiger partial charge in [-0.15, -0.1) is 0 Å². The van der Waals surface area contributed by atoms with E-state index in [0.717, 1.165) is 18.4 Å². The minimum atomic E-state index is -0.264. The molecule has 3 nitrogen and oxygen atoms in total. The van der Waals surface area contributed by atoms with Crippen molar-refractivity contribution in [1.29, 1.82) is 0 Å². The Balaban J connectivity index is 1.89. The lowest BCUT2D eigenvalue weighted by atomic mass is 9.94. The molecule has 2 rings (SSSR count). The van der Waals surface area contributed by atoms with E-state index in [-0.39, 0.29) is 30.3 Å². The first kappa shape index (κ1) is 15.7. The van der Waals surface area contributed by atoms with Crippen molar-refractivity contribution < 1.29 is 14.3 Å². The minimum Gasteiger partial charge on any atom is -0.396 e. The maximum absolute atomic E-state index is 12.8. The summed E-state index contributed by atoms with van der Waals surface area (Å²) in [7, 11) is 0. The molecule has 114 valence electrons. The fraction of sp³-hybridized carbons (Fsp3) is 0.471. The molecular formula is C17H22FNO2. The van der Waals surface area contributed by atoms with E-state index in [1.54, 1.807) is 12.1 Å². The van der Waals surface area contributed by atoms with E-state index in [1.165, 1.54) is 12.1 Å². The normalized spacial score (nSPS) is 22.7. The van der Waals surface area contributed by atoms with Gasteiger partial charge in [0.05, 0.1) is 0 Å². The highest BCUT2D eigenvalue weighted by atomic mass is 19.1. The van der Waals surface area contributed by atoms with Crippen molar-refractivity contribution in [2.75, 3.05) is 13.2 Å². The second-order valence-electron chi connectivity index (χ2n) is 5.68. The van der Waals surface area contributed by atoms with E-state index in [9.17, 15) is 14.3 Å². The predicted octanol–water partition coefficient (Wildman–Crippen LogP) is 2.85. The number of rotatable bonds is 4. The fourth-order valence-electron chi connectivity index (χ4n) is 2.67. The van der Waals surface area contributed by atoms with Gasteiger partial charge in [0.1, 0.15) is 5.82 Å². The Hall–Kier alpha value is -1.68. The first-order valence-corrected chi connectivity index (χ1v) is 7.42. The molecular weight excluding hydrogens is 269 g/mol. The van der Waals surface area contributed by atoms with Crippen molar-refractivity contribution in [1.82, 2.24) is 4.90 Å². The number of benzene rings is 1. The molecule has 1 fully saturated rings. The molecule has 1 aliphatic rings. The van der Waals surface area contributed by atoms with Crippen LogP contribution >= 0.6 is 0 Å². The molecule has 21 heavy (non-hydrogen) atoms. The minimum absolute atomic E-state index is 0.0824. The molecule has 1 N–H and O–H groups in total. The molecule has 0 aliphatic carbocycles. The van der Waals surface area contributed by atoms with E-state index in [0.29, 0.717) is 13.0 Å². The van der Waals surface area contributed by atoms with Gasteiger partial charge in [0, 0.05) is 25.6 Å². The smallest absolute Gasteiger partial charge is 0.226 e. The van der Waals surface area contributed by atoms with Crippen LogP contribution < -0.4 is 0 Å². The van der Waals surface area contributed by atoms with Crippen LogP contribution in [0.15, 0.2) is 30.3 Å². The lowest BCUT2D eigenvalue weighted by Gasteiger charge is -2.37. The van der Waals surface area contributed by atoms with Crippen LogP contribution in [0.5, 0.6) is 0 Å². The molecule has 0 saturated carbocycles. The van der Waals surface area contributed by atoms with Crippen molar-refractivity contribution in [2.45, 2.75) is 32.2 Å². The quantitative estimate of drug-likeness (QED) is 0.926. The van der Waals surface area contributed by atoms with Crippen molar-refractivity contribution in [3.63, 3.8) is 0 Å². The molecule has 2 unspecified atom stereocenters. The van der Waals surface area contributed by atoms with Crippen LogP contribution in [0, 0.1) is 11.7 Å². The first-order chi connectivity index (χ1) is 10.1. The van der Waals surface area contributed by atoms with Crippen LogP contribution in [0.2, 0.25) is 0 Å². The molecule has 1 amide bonds. The maximum Gasteiger partial charge on any atom is 0.226 e. The highest BCUT2D eigenvalue weighted by Crippen LogP contribution is 2.22. The fourth-order valence-corrected chi connectivity index (χ4v) is 2.67. The number of amides is 1. The summed E-state index contributed by atoms with van der Waals surface area (Å²) in [6, 6.07) is 6.41. The zero-order valence-electron chi connectivity index (χ0n) is 12.3. The summed E-state index contributed by atoms with van der Waals surface area (Å²) < 4.78 is 12.8. The lowest BCUT2D eigenvalue weighted by Crippen LogP contribution is -2.46. The molecule has 1 aromatic carbocycles. The maximum atomic E-state index is 12.8. The van der Waals surface area contributed by atoms with E-state index in [4.69, 9.17) is 0 Å². The van der Waals surface area contributed by atoms with Gasteiger partial charge in [-0.1, -0.05) is 24.3 Å². The van der Waals surface area contributed by atoms with E-state index < -0.39 is 0 Å². The third-order valence-corrected chi connectivity index (χ3v) is 4.03. The average Bonchev–Trinajstić information content (AvgIpc) is 2.49. The number of carbonyl (C=O) groups is 1. The topological polar surface area (TPSA) is 40.5 Å². The Bertz CT molecular complexity index is 498. The monoisotopic (exact) mass is 291 g/mol. The van der Waals surface area contributed by atoms with Gasteiger partial charge in [-0.2, -0.15) is 0 Å². The number of likely N-dealkylation sites (tertiary alicyclic amines) is 1. The summed E-state index contributed by atoms with van der Waals surface area (Å²) in [6.45, 7) is 2.83. The van der Waals surface area contributed by atoms with Crippen LogP contribution in [0.25, 0.3) is 6.08 Å². The molecule has 0 spiro atoms. The molecule has 0 bridgehead atoms. The molecule has 0 aromatic heterocycles. The van der Waals surface area contributed by atoms with E-state index in [2.05, 4.69) is 6.92 Å². The number of aliphatic hydroxyl groups excluding tert-OH is 1. The van der Waals surface area contributed by atoms with Crippen LogP contribution in [-0.4, -0.2) is 35.1 Å². The number of aliphatic hydroxyl groups is 1. The molecule has 4 heteroatoms. The lowest BCUT2D eigenvalue weighted by molar-refractivity contribution is -0.135. The third-order valence-electron chi connectivity index (χ3n) is 4.03. The Labute approximate surface area is 125 Å². The molecule has 1 aromatic rings. The molecule has 2 atom stereocenters. The van der Waals surface area contributed by atoms with Gasteiger partial charge in [-0.05, 0) is 43.4 Å². The SMILES string of the molecule is CC1CCC(CO)CN1C(=O)C/C=C/c1ccc(F)cc1. The zero-order valence-corrected chi connectivity index (χ0v) is 12.3. The van der Waals surface area contributed by atoms with Crippen molar-refractivity contribution >= 4 is 12.0 Å². The van der Waals surface area contributed by atoms with Crippen LogP contribution in [0.1, 0.15) is 31.7 Å². The number of hydrogen-bond acceptors (Lipinski definition) is 2. The van der Waals surface area contributed by atoms with Crippen molar-refractivity contribution in [3.05, 3.63) is 41.7 Å². The first-order valence-electron chi connectivity index (χ1n) is 7.42. The highest BCUT2D eigenvalue weighted by molar-refractivity contribution is 5.79. The Kier molecular flexibility index (Phi) is 5.51. The molecule has 0 radical (unpaired) electrons. The number of hydrogen-bond donors (Lipinski definition) is 1. The van der Waals surface area contributed by atoms with Crippen molar-refractivity contribution in [2.24, 2.45) is 5.92 Å². The molecule has 1 aliphatic heterocycles. The van der Waals surface area contributed by atoms with Gasteiger partial charge < -0.3 is 10.0 Å². The van der Waals surface area contributed by atoms with Gasteiger partial charge >= 0.3 is 0 Å². The number of piperidine rings is 1. The second kappa shape index (κ2) is 7.36. The van der Waals surface area contributed by atoms with E-state index in [1.807, 2.05) is 17.1 Å². The van der Waals surface area contributed by atoms with Crippen LogP contribution in [0.4, 0.5) is 4.39 Å². The molecule has 1 saturated heterocycles. The van der Waals surface area contributed by atoms with Crippen LogP contribution in [0.3, 0.4) is 0 Å². The standard InChI is InChI=1S/C17H22FNO2/c1-13-5-6-15(12-20)11-19(13)17(21)4-2-3-14-7-9-16(18)10-8-14/h2-3,7-10,13,15,20H,4-6,11-12H2,1H3/b3-2+. The summed E-state index contributed by atoms with van der Waals surface area (Å²) in [6.07, 6.45) is 5.89.